The molecule has 0 saturated heterocycles. The van der Waals surface area contributed by atoms with Gasteiger partial charge >= 0.3 is 5.97 Å². The van der Waals surface area contributed by atoms with Crippen LogP contribution in [0.3, 0.4) is 0 Å². The van der Waals surface area contributed by atoms with Crippen LogP contribution in [0.2, 0.25) is 0 Å². The Labute approximate surface area is 92.9 Å². The van der Waals surface area contributed by atoms with Crippen LogP contribution in [-0.2, 0) is 17.6 Å². The molecule has 1 rings (SSSR count). The number of carboxylic acids is 1. The minimum atomic E-state index is -2.47. The van der Waals surface area contributed by atoms with Crippen molar-refractivity contribution in [2.45, 2.75) is 32.6 Å². The topological polar surface area (TPSA) is 37.3 Å². The van der Waals surface area contributed by atoms with Crippen LogP contribution in [-0.4, -0.2) is 11.1 Å². The second-order valence-electron chi connectivity index (χ2n) is 3.58. The van der Waals surface area contributed by atoms with Gasteiger partial charge in [-0.15, -0.1) is 0 Å². The van der Waals surface area contributed by atoms with E-state index in [0.29, 0.717) is 12.8 Å². The van der Waals surface area contributed by atoms with Gasteiger partial charge in [-0.25, -0.2) is 8.78 Å². The summed E-state index contributed by atoms with van der Waals surface area (Å²) in [5.74, 6) is -0.875. The summed E-state index contributed by atoms with van der Waals surface area (Å²) in [6.45, 7) is 1.87. The number of hydrogen-bond acceptors (Lipinski definition) is 1. The molecule has 0 aromatic heterocycles. The van der Waals surface area contributed by atoms with E-state index in [2.05, 4.69) is 0 Å². The highest BCUT2D eigenvalue weighted by molar-refractivity contribution is 5.67. The molecule has 1 aromatic rings. The molecule has 0 radical (unpaired) electrons. The van der Waals surface area contributed by atoms with Crippen LogP contribution < -0.4 is 0 Å². The van der Waals surface area contributed by atoms with Crippen molar-refractivity contribution in [3.8, 4) is 0 Å². The minimum absolute atomic E-state index is 0.00377. The average Bonchev–Trinajstić information content (AvgIpc) is 2.25. The van der Waals surface area contributed by atoms with Gasteiger partial charge in [-0.05, 0) is 30.0 Å². The van der Waals surface area contributed by atoms with Gasteiger partial charge in [0.1, 0.15) is 0 Å². The van der Waals surface area contributed by atoms with Crippen LogP contribution in [0.1, 0.15) is 36.5 Å². The zero-order valence-electron chi connectivity index (χ0n) is 9.04. The molecule has 0 bridgehead atoms. The van der Waals surface area contributed by atoms with Crippen LogP contribution in [0.25, 0.3) is 0 Å². The molecular weight excluding hydrogens is 214 g/mol. The molecule has 4 heteroatoms. The number of aryl methyl sites for hydroxylation is 2. The number of aliphatic carboxylic acids is 1. The Bertz CT molecular complexity index is 375. The number of carboxylic acid groups (broad SMARTS) is 1. The predicted molar refractivity (Wildman–Crippen MR) is 56.7 cm³/mol. The molecule has 0 aliphatic rings. The first kappa shape index (κ1) is 12.6. The molecule has 1 N–H and O–H groups in total. The van der Waals surface area contributed by atoms with Crippen molar-refractivity contribution in [1.29, 1.82) is 0 Å². The largest absolute Gasteiger partial charge is 0.481 e. The Morgan fingerprint density at radius 1 is 1.38 bits per heavy atom. The van der Waals surface area contributed by atoms with Crippen LogP contribution in [0, 0.1) is 0 Å². The fourth-order valence-electron chi connectivity index (χ4n) is 1.60. The van der Waals surface area contributed by atoms with E-state index in [1.54, 1.807) is 6.07 Å². The van der Waals surface area contributed by atoms with Gasteiger partial charge in [0.2, 0.25) is 0 Å². The molecule has 0 spiro atoms. The summed E-state index contributed by atoms with van der Waals surface area (Å²) in [5, 5.41) is 8.56. The summed E-state index contributed by atoms with van der Waals surface area (Å²) < 4.78 is 24.9. The molecule has 0 aliphatic carbocycles. The Morgan fingerprint density at radius 3 is 2.56 bits per heavy atom. The van der Waals surface area contributed by atoms with Crippen LogP contribution in [0.15, 0.2) is 18.2 Å². The number of halogens is 2. The van der Waals surface area contributed by atoms with Gasteiger partial charge in [0.05, 0.1) is 0 Å². The molecule has 16 heavy (non-hydrogen) atoms. The van der Waals surface area contributed by atoms with Crippen molar-refractivity contribution in [2.24, 2.45) is 0 Å². The predicted octanol–water partition coefficient (Wildman–Crippen LogP) is 3.20. The normalized spacial score (nSPS) is 10.8. The van der Waals surface area contributed by atoms with E-state index in [4.69, 9.17) is 5.11 Å². The lowest BCUT2D eigenvalue weighted by Gasteiger charge is -2.09. The van der Waals surface area contributed by atoms with E-state index in [9.17, 15) is 13.6 Å². The highest BCUT2D eigenvalue weighted by Gasteiger charge is 2.10. The first-order chi connectivity index (χ1) is 7.54. The fraction of sp³-hybridized carbons (Fsp3) is 0.417. The Balaban J connectivity index is 2.88. The third kappa shape index (κ3) is 3.29. The zero-order chi connectivity index (χ0) is 12.1. The van der Waals surface area contributed by atoms with Gasteiger partial charge in [-0.2, -0.15) is 0 Å². The standard InChI is InChI=1S/C12H14F2O2/c1-2-8-7-10(12(13)14)4-3-9(8)5-6-11(15)16/h3-4,7,12H,2,5-6H2,1H3,(H,15,16). The third-order valence-electron chi connectivity index (χ3n) is 2.47. The lowest BCUT2D eigenvalue weighted by Crippen LogP contribution is -2.01. The monoisotopic (exact) mass is 228 g/mol. The quantitative estimate of drug-likeness (QED) is 0.840. The smallest absolute Gasteiger partial charge is 0.303 e. The van der Waals surface area contributed by atoms with E-state index < -0.39 is 12.4 Å². The van der Waals surface area contributed by atoms with Gasteiger partial charge in [0.15, 0.2) is 0 Å². The summed E-state index contributed by atoms with van der Waals surface area (Å²) >= 11 is 0. The number of benzene rings is 1. The second-order valence-corrected chi connectivity index (χ2v) is 3.58. The van der Waals surface area contributed by atoms with Crippen molar-refractivity contribution in [3.63, 3.8) is 0 Å². The first-order valence-corrected chi connectivity index (χ1v) is 5.16. The molecule has 0 heterocycles. The van der Waals surface area contributed by atoms with E-state index in [-0.39, 0.29) is 12.0 Å². The Kier molecular flexibility index (Phi) is 4.40. The third-order valence-corrected chi connectivity index (χ3v) is 2.47. The first-order valence-electron chi connectivity index (χ1n) is 5.16. The van der Waals surface area contributed by atoms with E-state index in [1.807, 2.05) is 6.92 Å². The van der Waals surface area contributed by atoms with E-state index >= 15 is 0 Å². The van der Waals surface area contributed by atoms with E-state index in [0.717, 1.165) is 11.1 Å². The molecular formula is C12H14F2O2. The summed E-state index contributed by atoms with van der Waals surface area (Å²) in [6, 6.07) is 4.42. The van der Waals surface area contributed by atoms with Crippen LogP contribution >= 0.6 is 0 Å². The lowest BCUT2D eigenvalue weighted by atomic mass is 9.98. The van der Waals surface area contributed by atoms with Crippen molar-refractivity contribution >= 4 is 5.97 Å². The Morgan fingerprint density at radius 2 is 2.06 bits per heavy atom. The maximum absolute atomic E-state index is 12.4. The fourth-order valence-corrected chi connectivity index (χ4v) is 1.60. The minimum Gasteiger partial charge on any atom is -0.481 e. The van der Waals surface area contributed by atoms with Crippen molar-refractivity contribution in [3.05, 3.63) is 34.9 Å². The molecule has 0 saturated carbocycles. The molecule has 0 amide bonds. The van der Waals surface area contributed by atoms with E-state index in [1.165, 1.54) is 12.1 Å². The van der Waals surface area contributed by atoms with Gasteiger partial charge < -0.3 is 5.11 Å². The summed E-state index contributed by atoms with van der Waals surface area (Å²) in [6.07, 6.45) is -1.42. The molecule has 0 atom stereocenters. The van der Waals surface area contributed by atoms with Gasteiger partial charge in [-0.1, -0.05) is 19.1 Å². The molecule has 88 valence electrons. The Hall–Kier alpha value is -1.45. The molecule has 0 unspecified atom stereocenters. The SMILES string of the molecule is CCc1cc(C(F)F)ccc1CCC(=O)O. The van der Waals surface area contributed by atoms with Crippen LogP contribution in [0.4, 0.5) is 8.78 Å². The molecule has 0 fully saturated rings. The van der Waals surface area contributed by atoms with Gasteiger partial charge in [0, 0.05) is 12.0 Å². The van der Waals surface area contributed by atoms with Crippen molar-refractivity contribution in [1.82, 2.24) is 0 Å². The summed E-state index contributed by atoms with van der Waals surface area (Å²) in [5.41, 5.74) is 1.64. The van der Waals surface area contributed by atoms with Gasteiger partial charge in [-0.3, -0.25) is 4.79 Å². The number of hydrogen-bond donors (Lipinski definition) is 1. The van der Waals surface area contributed by atoms with Crippen LogP contribution in [0.5, 0.6) is 0 Å². The molecule has 2 nitrogen and oxygen atoms in total. The molecule has 0 aliphatic heterocycles. The van der Waals surface area contributed by atoms with Crippen molar-refractivity contribution < 1.29 is 18.7 Å². The lowest BCUT2D eigenvalue weighted by molar-refractivity contribution is -0.136. The number of alkyl halides is 2. The average molecular weight is 228 g/mol. The van der Waals surface area contributed by atoms with Gasteiger partial charge in [0.25, 0.3) is 6.43 Å². The molecule has 1 aromatic carbocycles. The zero-order valence-corrected chi connectivity index (χ0v) is 9.04. The number of carbonyl (C=O) groups is 1. The highest BCUT2D eigenvalue weighted by Crippen LogP contribution is 2.23. The van der Waals surface area contributed by atoms with Crippen molar-refractivity contribution in [2.75, 3.05) is 0 Å². The maximum Gasteiger partial charge on any atom is 0.303 e. The second kappa shape index (κ2) is 5.58. The summed E-state index contributed by atoms with van der Waals surface area (Å²) in [4.78, 5) is 10.4. The highest BCUT2D eigenvalue weighted by atomic mass is 19.3. The summed E-state index contributed by atoms with van der Waals surface area (Å²) in [7, 11) is 0. The number of rotatable bonds is 5. The maximum atomic E-state index is 12.4.